The lowest BCUT2D eigenvalue weighted by Gasteiger charge is -2.18. The van der Waals surface area contributed by atoms with Crippen LogP contribution in [0.15, 0.2) is 71.3 Å². The first-order valence-corrected chi connectivity index (χ1v) is 8.25. The topological polar surface area (TPSA) is 75.4 Å². The lowest BCUT2D eigenvalue weighted by molar-refractivity contribution is 0.0927. The Morgan fingerprint density at radius 1 is 1.08 bits per heavy atom. The molecule has 0 saturated heterocycles. The van der Waals surface area contributed by atoms with Crippen molar-refractivity contribution in [1.29, 1.82) is 0 Å². The summed E-state index contributed by atoms with van der Waals surface area (Å²) in [6.07, 6.45) is 2.62. The van der Waals surface area contributed by atoms with Crippen molar-refractivity contribution in [2.24, 2.45) is 0 Å². The van der Waals surface area contributed by atoms with Gasteiger partial charge in [0, 0.05) is 12.2 Å². The van der Waals surface area contributed by atoms with E-state index in [1.165, 1.54) is 6.26 Å². The third-order valence-electron chi connectivity index (χ3n) is 3.92. The number of aliphatic hydroxyl groups excluding tert-OH is 1. The molecule has 0 fully saturated rings. The number of carbonyl (C=O) groups excluding carboxylic acids is 1. The number of nitrogens with one attached hydrogen (secondary N) is 1. The highest BCUT2D eigenvalue weighted by atomic mass is 16.3. The molecule has 1 heterocycles. The number of aliphatic hydroxyl groups is 1. The summed E-state index contributed by atoms with van der Waals surface area (Å²) in [5, 5.41) is 12.1. The van der Waals surface area contributed by atoms with E-state index in [2.05, 4.69) is 10.3 Å². The monoisotopic (exact) mass is 336 g/mol. The average Bonchev–Trinajstić information content (AvgIpc) is 3.17. The van der Waals surface area contributed by atoms with Crippen LogP contribution in [0.3, 0.4) is 0 Å². The highest BCUT2D eigenvalue weighted by Crippen LogP contribution is 2.21. The van der Waals surface area contributed by atoms with Crippen LogP contribution < -0.4 is 5.32 Å². The molecule has 1 amide bonds. The molecule has 0 bridgehead atoms. The number of benzene rings is 2. The molecule has 1 atom stereocenters. The van der Waals surface area contributed by atoms with Gasteiger partial charge in [0.1, 0.15) is 6.26 Å². The van der Waals surface area contributed by atoms with Crippen LogP contribution in [-0.4, -0.2) is 22.6 Å². The van der Waals surface area contributed by atoms with Gasteiger partial charge in [-0.05, 0) is 30.5 Å². The molecule has 5 heteroatoms. The van der Waals surface area contributed by atoms with Crippen molar-refractivity contribution in [2.45, 2.75) is 18.9 Å². The molecule has 1 unspecified atom stereocenters. The van der Waals surface area contributed by atoms with Gasteiger partial charge in [0.25, 0.3) is 5.91 Å². The third kappa shape index (κ3) is 4.33. The summed E-state index contributed by atoms with van der Waals surface area (Å²) in [5.41, 5.74) is 2.06. The Bertz CT molecular complexity index is 800. The summed E-state index contributed by atoms with van der Waals surface area (Å²) < 4.78 is 5.43. The molecule has 0 aliphatic carbocycles. The Balaban J connectivity index is 1.74. The van der Waals surface area contributed by atoms with Gasteiger partial charge >= 0.3 is 0 Å². The maximum absolute atomic E-state index is 12.5. The second kappa shape index (κ2) is 8.26. The van der Waals surface area contributed by atoms with Crippen LogP contribution in [0.2, 0.25) is 0 Å². The molecule has 0 aliphatic rings. The molecule has 1 aromatic heterocycles. The van der Waals surface area contributed by atoms with Crippen molar-refractivity contribution in [3.8, 4) is 11.5 Å². The predicted octanol–water partition coefficient (Wildman–Crippen LogP) is 3.59. The zero-order chi connectivity index (χ0) is 17.5. The van der Waals surface area contributed by atoms with Gasteiger partial charge in [-0.1, -0.05) is 48.5 Å². The first-order valence-electron chi connectivity index (χ1n) is 8.25. The Morgan fingerprint density at radius 2 is 1.76 bits per heavy atom. The minimum Gasteiger partial charge on any atom is -0.444 e. The van der Waals surface area contributed by atoms with Gasteiger partial charge in [0.15, 0.2) is 5.69 Å². The second-order valence-corrected chi connectivity index (χ2v) is 5.71. The number of carbonyl (C=O) groups is 1. The molecule has 0 aliphatic heterocycles. The van der Waals surface area contributed by atoms with Crippen molar-refractivity contribution in [3.63, 3.8) is 0 Å². The largest absolute Gasteiger partial charge is 0.444 e. The number of oxazole rings is 1. The number of aromatic nitrogens is 1. The number of amides is 1. The van der Waals surface area contributed by atoms with Gasteiger partial charge in [-0.25, -0.2) is 4.98 Å². The first kappa shape index (κ1) is 16.9. The van der Waals surface area contributed by atoms with E-state index in [0.717, 1.165) is 11.1 Å². The number of nitrogens with zero attached hydrogens (tertiary/aromatic N) is 1. The van der Waals surface area contributed by atoms with E-state index in [9.17, 15) is 4.79 Å². The molecular formula is C20H20N2O3. The summed E-state index contributed by atoms with van der Waals surface area (Å²) in [7, 11) is 0. The van der Waals surface area contributed by atoms with Crippen molar-refractivity contribution < 1.29 is 14.3 Å². The molecular weight excluding hydrogens is 316 g/mol. The molecule has 25 heavy (non-hydrogen) atoms. The van der Waals surface area contributed by atoms with Crippen molar-refractivity contribution in [1.82, 2.24) is 10.3 Å². The Morgan fingerprint density at radius 3 is 2.44 bits per heavy atom. The van der Waals surface area contributed by atoms with Gasteiger partial charge in [-0.2, -0.15) is 0 Å². The first-order chi connectivity index (χ1) is 12.3. The Hall–Kier alpha value is -2.92. The predicted molar refractivity (Wildman–Crippen MR) is 94.9 cm³/mol. The standard InChI is InChI=1S/C20H20N2O3/c23-13-7-12-17(15-8-3-1-4-9-15)21-19(24)18-14-25-20(22-18)16-10-5-2-6-11-16/h1-6,8-11,14,17,23H,7,12-13H2,(H,21,24). The SMILES string of the molecule is O=C(NC(CCCO)c1ccccc1)c1coc(-c2ccccc2)n1. The Labute approximate surface area is 146 Å². The molecule has 0 radical (unpaired) electrons. The maximum Gasteiger partial charge on any atom is 0.273 e. The lowest BCUT2D eigenvalue weighted by atomic mass is 10.0. The molecule has 2 aromatic carbocycles. The fourth-order valence-electron chi connectivity index (χ4n) is 2.63. The minimum atomic E-state index is -0.294. The third-order valence-corrected chi connectivity index (χ3v) is 3.92. The molecule has 0 spiro atoms. The van der Waals surface area contributed by atoms with E-state index in [-0.39, 0.29) is 24.2 Å². The van der Waals surface area contributed by atoms with Crippen LogP contribution in [0, 0.1) is 0 Å². The fourth-order valence-corrected chi connectivity index (χ4v) is 2.63. The van der Waals surface area contributed by atoms with Gasteiger partial charge in [-0.3, -0.25) is 4.79 Å². The zero-order valence-corrected chi connectivity index (χ0v) is 13.8. The van der Waals surface area contributed by atoms with Gasteiger partial charge < -0.3 is 14.8 Å². The van der Waals surface area contributed by atoms with E-state index >= 15 is 0 Å². The van der Waals surface area contributed by atoms with Crippen molar-refractivity contribution in [3.05, 3.63) is 78.2 Å². The molecule has 2 N–H and O–H groups in total. The van der Waals surface area contributed by atoms with Gasteiger partial charge in [0.05, 0.1) is 6.04 Å². The van der Waals surface area contributed by atoms with Crippen LogP contribution in [0.25, 0.3) is 11.5 Å². The number of rotatable bonds is 7. The Kier molecular flexibility index (Phi) is 5.59. The van der Waals surface area contributed by atoms with Gasteiger partial charge in [-0.15, -0.1) is 0 Å². The fraction of sp³-hybridized carbons (Fsp3) is 0.200. The van der Waals surface area contributed by atoms with Crippen LogP contribution in [0.1, 0.15) is 34.9 Å². The highest BCUT2D eigenvalue weighted by Gasteiger charge is 2.18. The second-order valence-electron chi connectivity index (χ2n) is 5.71. The van der Waals surface area contributed by atoms with Crippen LogP contribution >= 0.6 is 0 Å². The molecule has 128 valence electrons. The summed E-state index contributed by atoms with van der Waals surface area (Å²) in [5.74, 6) is 0.120. The quantitative estimate of drug-likeness (QED) is 0.691. The van der Waals surface area contributed by atoms with E-state index in [0.29, 0.717) is 18.7 Å². The van der Waals surface area contributed by atoms with Crippen LogP contribution in [-0.2, 0) is 0 Å². The zero-order valence-electron chi connectivity index (χ0n) is 13.8. The van der Waals surface area contributed by atoms with E-state index in [1.807, 2.05) is 60.7 Å². The highest BCUT2D eigenvalue weighted by molar-refractivity contribution is 5.92. The summed E-state index contributed by atoms with van der Waals surface area (Å²) in [6.45, 7) is 0.0846. The number of hydrogen-bond donors (Lipinski definition) is 2. The molecule has 3 rings (SSSR count). The smallest absolute Gasteiger partial charge is 0.273 e. The van der Waals surface area contributed by atoms with Gasteiger partial charge in [0.2, 0.25) is 5.89 Å². The average molecular weight is 336 g/mol. The molecule has 5 nitrogen and oxygen atoms in total. The van der Waals surface area contributed by atoms with Crippen LogP contribution in [0.5, 0.6) is 0 Å². The van der Waals surface area contributed by atoms with Crippen LogP contribution in [0.4, 0.5) is 0 Å². The maximum atomic E-state index is 12.5. The summed E-state index contributed by atoms with van der Waals surface area (Å²) >= 11 is 0. The number of hydrogen-bond acceptors (Lipinski definition) is 4. The normalized spacial score (nSPS) is 11.9. The van der Waals surface area contributed by atoms with Crippen molar-refractivity contribution >= 4 is 5.91 Å². The van der Waals surface area contributed by atoms with E-state index < -0.39 is 0 Å². The summed E-state index contributed by atoms with van der Waals surface area (Å²) in [6, 6.07) is 19.0. The summed E-state index contributed by atoms with van der Waals surface area (Å²) in [4.78, 5) is 16.8. The molecule has 0 saturated carbocycles. The molecule has 3 aromatic rings. The lowest BCUT2D eigenvalue weighted by Crippen LogP contribution is -2.29. The van der Waals surface area contributed by atoms with E-state index in [1.54, 1.807) is 0 Å². The minimum absolute atomic E-state index is 0.0846. The van der Waals surface area contributed by atoms with E-state index in [4.69, 9.17) is 9.52 Å². The van der Waals surface area contributed by atoms with Crippen molar-refractivity contribution in [2.75, 3.05) is 6.61 Å².